The summed E-state index contributed by atoms with van der Waals surface area (Å²) in [7, 11) is 1.61. The number of piperidine rings is 1. The van der Waals surface area contributed by atoms with E-state index in [1.165, 1.54) is 6.42 Å². The normalized spacial score (nSPS) is 18.0. The fourth-order valence-electron chi connectivity index (χ4n) is 4.31. The largest absolute Gasteiger partial charge is 0.497 e. The molecule has 2 heterocycles. The minimum atomic E-state index is -0.399. The lowest BCUT2D eigenvalue weighted by Gasteiger charge is -2.26. The number of methoxy groups -OCH3 is 1. The standard InChI is InChI=1S/C26H31N3O5/c1-33-22-9-5-19(6-10-22)16-27-26(32)20-15-24(30)29(17-20)21-7-11-23(12-8-21)34-18-25(31)28-13-3-2-4-14-28/h5-12,20H,2-4,13-18H2,1H3,(H,27,32)/t20-/m0/s1. The van der Waals surface area contributed by atoms with Gasteiger partial charge in [0, 0.05) is 38.3 Å². The monoisotopic (exact) mass is 465 g/mol. The lowest BCUT2D eigenvalue weighted by Crippen LogP contribution is -2.38. The van der Waals surface area contributed by atoms with Crippen LogP contribution in [0.1, 0.15) is 31.2 Å². The molecule has 0 aromatic heterocycles. The first kappa shape index (κ1) is 23.6. The fourth-order valence-corrected chi connectivity index (χ4v) is 4.31. The summed E-state index contributed by atoms with van der Waals surface area (Å²) in [6.07, 6.45) is 3.44. The van der Waals surface area contributed by atoms with E-state index in [4.69, 9.17) is 9.47 Å². The van der Waals surface area contributed by atoms with Crippen LogP contribution in [0.15, 0.2) is 48.5 Å². The maximum Gasteiger partial charge on any atom is 0.260 e. The van der Waals surface area contributed by atoms with Crippen LogP contribution in [0.3, 0.4) is 0 Å². The Labute approximate surface area is 199 Å². The van der Waals surface area contributed by atoms with E-state index in [2.05, 4.69) is 5.32 Å². The van der Waals surface area contributed by atoms with Crippen LogP contribution in [0.25, 0.3) is 0 Å². The summed E-state index contributed by atoms with van der Waals surface area (Å²) in [5, 5.41) is 2.92. The van der Waals surface area contributed by atoms with Gasteiger partial charge >= 0.3 is 0 Å². The molecule has 34 heavy (non-hydrogen) atoms. The highest BCUT2D eigenvalue weighted by Gasteiger charge is 2.35. The number of amides is 3. The van der Waals surface area contributed by atoms with Crippen LogP contribution < -0.4 is 19.7 Å². The second kappa shape index (κ2) is 11.0. The van der Waals surface area contributed by atoms with E-state index in [0.29, 0.717) is 24.5 Å². The number of carbonyl (C=O) groups is 3. The summed E-state index contributed by atoms with van der Waals surface area (Å²) in [4.78, 5) is 40.9. The summed E-state index contributed by atoms with van der Waals surface area (Å²) < 4.78 is 10.8. The molecule has 0 radical (unpaired) electrons. The molecule has 8 heteroatoms. The Kier molecular flexibility index (Phi) is 7.67. The molecule has 3 amide bonds. The van der Waals surface area contributed by atoms with E-state index in [1.807, 2.05) is 29.2 Å². The van der Waals surface area contributed by atoms with Crippen LogP contribution in [0.4, 0.5) is 5.69 Å². The number of benzene rings is 2. The predicted octanol–water partition coefficient (Wildman–Crippen LogP) is 2.76. The van der Waals surface area contributed by atoms with Gasteiger partial charge in [0.2, 0.25) is 11.8 Å². The number of anilines is 1. The molecule has 1 N–H and O–H groups in total. The Hall–Kier alpha value is -3.55. The number of likely N-dealkylation sites (tertiary alicyclic amines) is 1. The molecule has 2 aliphatic heterocycles. The molecule has 8 nitrogen and oxygen atoms in total. The molecule has 2 saturated heterocycles. The number of nitrogens with one attached hydrogen (secondary N) is 1. The quantitative estimate of drug-likeness (QED) is 0.648. The molecule has 0 saturated carbocycles. The molecule has 2 fully saturated rings. The zero-order chi connectivity index (χ0) is 23.9. The third-order valence-electron chi connectivity index (χ3n) is 6.34. The molecular weight excluding hydrogens is 434 g/mol. The SMILES string of the molecule is COc1ccc(CNC(=O)[C@H]2CC(=O)N(c3ccc(OCC(=O)N4CCCCC4)cc3)C2)cc1. The van der Waals surface area contributed by atoms with Gasteiger partial charge < -0.3 is 24.6 Å². The van der Waals surface area contributed by atoms with Crippen molar-refractivity contribution in [3.05, 3.63) is 54.1 Å². The molecule has 1 atom stereocenters. The van der Waals surface area contributed by atoms with Gasteiger partial charge in [-0.25, -0.2) is 0 Å². The molecule has 0 aliphatic carbocycles. The number of ether oxygens (including phenoxy) is 2. The van der Waals surface area contributed by atoms with Crippen LogP contribution >= 0.6 is 0 Å². The minimum absolute atomic E-state index is 0.00184. The molecule has 2 aromatic carbocycles. The van der Waals surface area contributed by atoms with E-state index in [9.17, 15) is 14.4 Å². The first-order valence-corrected chi connectivity index (χ1v) is 11.7. The van der Waals surface area contributed by atoms with Crippen molar-refractivity contribution in [1.29, 1.82) is 0 Å². The number of nitrogens with zero attached hydrogens (tertiary/aromatic N) is 2. The van der Waals surface area contributed by atoms with Gasteiger partial charge in [-0.3, -0.25) is 14.4 Å². The van der Waals surface area contributed by atoms with Crippen molar-refractivity contribution in [2.75, 3.05) is 38.3 Å². The zero-order valence-corrected chi connectivity index (χ0v) is 19.5. The third-order valence-corrected chi connectivity index (χ3v) is 6.34. The van der Waals surface area contributed by atoms with Gasteiger partial charge in [0.25, 0.3) is 5.91 Å². The molecule has 2 aromatic rings. The number of hydrogen-bond acceptors (Lipinski definition) is 5. The van der Waals surface area contributed by atoms with Gasteiger partial charge in [0.1, 0.15) is 11.5 Å². The molecule has 0 bridgehead atoms. The first-order valence-electron chi connectivity index (χ1n) is 11.7. The summed E-state index contributed by atoms with van der Waals surface area (Å²) in [6.45, 7) is 2.34. The predicted molar refractivity (Wildman–Crippen MR) is 128 cm³/mol. The summed E-state index contributed by atoms with van der Waals surface area (Å²) in [5.74, 6) is 0.721. The molecular formula is C26H31N3O5. The Bertz CT molecular complexity index is 1000. The lowest BCUT2D eigenvalue weighted by molar-refractivity contribution is -0.134. The second-order valence-electron chi connectivity index (χ2n) is 8.70. The van der Waals surface area contributed by atoms with Crippen molar-refractivity contribution in [2.45, 2.75) is 32.2 Å². The van der Waals surface area contributed by atoms with Crippen molar-refractivity contribution in [3.63, 3.8) is 0 Å². The van der Waals surface area contributed by atoms with Crippen LogP contribution in [0.2, 0.25) is 0 Å². The molecule has 180 valence electrons. The maximum atomic E-state index is 12.6. The van der Waals surface area contributed by atoms with Gasteiger partial charge in [0.15, 0.2) is 6.61 Å². The Morgan fingerprint density at radius 3 is 2.32 bits per heavy atom. The van der Waals surface area contributed by atoms with Crippen molar-refractivity contribution in [2.24, 2.45) is 5.92 Å². The summed E-state index contributed by atoms with van der Waals surface area (Å²) in [5.41, 5.74) is 1.68. The number of hydrogen-bond donors (Lipinski definition) is 1. The second-order valence-corrected chi connectivity index (χ2v) is 8.70. The van der Waals surface area contributed by atoms with Crippen molar-refractivity contribution in [1.82, 2.24) is 10.2 Å². The number of carbonyl (C=O) groups excluding carboxylic acids is 3. The first-order chi connectivity index (χ1) is 16.5. The van der Waals surface area contributed by atoms with Crippen molar-refractivity contribution >= 4 is 23.4 Å². The van der Waals surface area contributed by atoms with Crippen LogP contribution in [-0.4, -0.2) is 56.0 Å². The molecule has 0 unspecified atom stereocenters. The zero-order valence-electron chi connectivity index (χ0n) is 19.5. The van der Waals surface area contributed by atoms with E-state index in [0.717, 1.165) is 37.2 Å². The Balaban J connectivity index is 1.26. The van der Waals surface area contributed by atoms with Crippen molar-refractivity contribution in [3.8, 4) is 11.5 Å². The minimum Gasteiger partial charge on any atom is -0.497 e. The van der Waals surface area contributed by atoms with E-state index in [1.54, 1.807) is 36.3 Å². The van der Waals surface area contributed by atoms with Crippen molar-refractivity contribution < 1.29 is 23.9 Å². The Morgan fingerprint density at radius 1 is 0.971 bits per heavy atom. The average Bonchev–Trinajstić information content (AvgIpc) is 3.28. The van der Waals surface area contributed by atoms with Crippen LogP contribution in [-0.2, 0) is 20.9 Å². The third kappa shape index (κ3) is 5.87. The van der Waals surface area contributed by atoms with Crippen LogP contribution in [0.5, 0.6) is 11.5 Å². The van der Waals surface area contributed by atoms with Gasteiger partial charge in [-0.05, 0) is 61.2 Å². The highest BCUT2D eigenvalue weighted by Crippen LogP contribution is 2.27. The maximum absolute atomic E-state index is 12.6. The van der Waals surface area contributed by atoms with Gasteiger partial charge in [-0.1, -0.05) is 12.1 Å². The average molecular weight is 466 g/mol. The number of rotatable bonds is 8. The summed E-state index contributed by atoms with van der Waals surface area (Å²) in [6, 6.07) is 14.6. The summed E-state index contributed by atoms with van der Waals surface area (Å²) >= 11 is 0. The van der Waals surface area contributed by atoms with Gasteiger partial charge in [-0.2, -0.15) is 0 Å². The smallest absolute Gasteiger partial charge is 0.260 e. The molecule has 0 spiro atoms. The highest BCUT2D eigenvalue weighted by molar-refractivity contribution is 6.00. The van der Waals surface area contributed by atoms with E-state index >= 15 is 0 Å². The van der Waals surface area contributed by atoms with Gasteiger partial charge in [-0.15, -0.1) is 0 Å². The molecule has 4 rings (SSSR count). The van der Waals surface area contributed by atoms with Crippen LogP contribution in [0, 0.1) is 5.92 Å². The highest BCUT2D eigenvalue weighted by atomic mass is 16.5. The lowest BCUT2D eigenvalue weighted by atomic mass is 10.1. The fraction of sp³-hybridized carbons (Fsp3) is 0.423. The molecule has 2 aliphatic rings. The van der Waals surface area contributed by atoms with Gasteiger partial charge in [0.05, 0.1) is 13.0 Å². The topological polar surface area (TPSA) is 88.2 Å². The van der Waals surface area contributed by atoms with E-state index in [-0.39, 0.29) is 30.7 Å². The van der Waals surface area contributed by atoms with E-state index < -0.39 is 5.92 Å². The Morgan fingerprint density at radius 2 is 1.65 bits per heavy atom.